The number of carbonyl (C=O) groups is 2. The van der Waals surface area contributed by atoms with Gasteiger partial charge in [0.1, 0.15) is 5.69 Å². The molecule has 0 aromatic carbocycles. The van der Waals surface area contributed by atoms with E-state index in [9.17, 15) is 14.0 Å². The molecule has 1 unspecified atom stereocenters. The number of amides is 2. The number of rotatable bonds is 7. The van der Waals surface area contributed by atoms with Gasteiger partial charge in [0, 0.05) is 54.8 Å². The maximum atomic E-state index is 14.4. The second-order valence-electron chi connectivity index (χ2n) is 11.7. The van der Waals surface area contributed by atoms with Crippen molar-refractivity contribution in [3.63, 3.8) is 0 Å². The van der Waals surface area contributed by atoms with Gasteiger partial charge in [-0.15, -0.1) is 0 Å². The maximum Gasteiger partial charge on any atom is 0.272 e. The Kier molecular flexibility index (Phi) is 6.77. The van der Waals surface area contributed by atoms with Crippen LogP contribution in [0, 0.1) is 11.7 Å². The normalized spacial score (nSPS) is 23.8. The fourth-order valence-electron chi connectivity index (χ4n) is 6.73. The first-order chi connectivity index (χ1) is 20.3. The Morgan fingerprint density at radius 1 is 1.24 bits per heavy atom. The van der Waals surface area contributed by atoms with Crippen molar-refractivity contribution in [2.24, 2.45) is 5.92 Å². The number of anilines is 1. The van der Waals surface area contributed by atoms with Crippen molar-refractivity contribution in [3.8, 4) is 17.1 Å². The summed E-state index contributed by atoms with van der Waals surface area (Å²) in [5.41, 5.74) is 2.07. The van der Waals surface area contributed by atoms with Crippen molar-refractivity contribution in [3.05, 3.63) is 52.8 Å². The van der Waals surface area contributed by atoms with Gasteiger partial charge < -0.3 is 25.2 Å². The molecular weight excluding hydrogens is 563 g/mol. The molecule has 42 heavy (non-hydrogen) atoms. The summed E-state index contributed by atoms with van der Waals surface area (Å²) in [5, 5.41) is 14.0. The molecule has 3 aromatic rings. The highest BCUT2D eigenvalue weighted by atomic mass is 35.5. The summed E-state index contributed by atoms with van der Waals surface area (Å²) in [4.78, 5) is 39.3. The smallest absolute Gasteiger partial charge is 0.272 e. The van der Waals surface area contributed by atoms with Crippen LogP contribution in [0.2, 0.25) is 5.02 Å². The van der Waals surface area contributed by atoms with Crippen molar-refractivity contribution in [1.82, 2.24) is 35.7 Å². The standard InChI is InChI=1S/C29H32ClFN8O3/c1-42-26-8-20(22(31)13-34-26)23-9-24(37-36-23)28(41)39-5-2-16(10-29(39)3-4-29)27(40)35-14-25-21(30)7-19(12-33-25)38-15-17-6-18(38)11-32-17/h7-9,12-13,16-18,32H,2-6,10-11,14-15H2,1H3,(H,35,40)(H,36,37)/t16?,17-,18-/m1/s1. The Bertz CT molecular complexity index is 1540. The first-order valence-electron chi connectivity index (χ1n) is 14.3. The van der Waals surface area contributed by atoms with Gasteiger partial charge in [0.05, 0.1) is 48.1 Å². The lowest BCUT2D eigenvalue weighted by molar-refractivity contribution is -0.127. The van der Waals surface area contributed by atoms with Gasteiger partial charge in [0.15, 0.2) is 5.82 Å². The molecule has 3 atom stereocenters. The molecule has 0 radical (unpaired) electrons. The quantitative estimate of drug-likeness (QED) is 0.381. The summed E-state index contributed by atoms with van der Waals surface area (Å²) >= 11 is 6.57. The third-order valence-electron chi connectivity index (χ3n) is 9.19. The summed E-state index contributed by atoms with van der Waals surface area (Å²) in [7, 11) is 1.45. The lowest BCUT2D eigenvalue weighted by Crippen LogP contribution is -2.50. The predicted octanol–water partition coefficient (Wildman–Crippen LogP) is 2.92. The van der Waals surface area contributed by atoms with E-state index in [1.165, 1.54) is 13.2 Å². The Morgan fingerprint density at radius 2 is 2.10 bits per heavy atom. The number of halogens is 2. The fourth-order valence-corrected chi connectivity index (χ4v) is 6.96. The predicted molar refractivity (Wildman–Crippen MR) is 153 cm³/mol. The van der Waals surface area contributed by atoms with E-state index in [4.69, 9.17) is 16.3 Å². The van der Waals surface area contributed by atoms with Gasteiger partial charge in [-0.25, -0.2) is 9.37 Å². The number of hydrogen-bond acceptors (Lipinski definition) is 8. The van der Waals surface area contributed by atoms with E-state index in [2.05, 4.69) is 35.7 Å². The van der Waals surface area contributed by atoms with E-state index >= 15 is 0 Å². The van der Waals surface area contributed by atoms with Gasteiger partial charge in [0.2, 0.25) is 11.8 Å². The first-order valence-corrected chi connectivity index (χ1v) is 14.7. The third-order valence-corrected chi connectivity index (χ3v) is 9.52. The molecule has 3 aliphatic heterocycles. The molecule has 220 valence electrons. The molecular formula is C29H32ClFN8O3. The van der Waals surface area contributed by atoms with Crippen LogP contribution in [0.5, 0.6) is 5.88 Å². The lowest BCUT2D eigenvalue weighted by Gasteiger charge is -2.39. The molecule has 7 rings (SSSR count). The molecule has 13 heteroatoms. The van der Waals surface area contributed by atoms with E-state index in [0.717, 1.165) is 44.2 Å². The van der Waals surface area contributed by atoms with E-state index < -0.39 is 5.82 Å². The molecule has 11 nitrogen and oxygen atoms in total. The zero-order valence-corrected chi connectivity index (χ0v) is 24.0. The third kappa shape index (κ3) is 4.86. The highest BCUT2D eigenvalue weighted by Gasteiger charge is 2.54. The summed E-state index contributed by atoms with van der Waals surface area (Å²) < 4.78 is 19.5. The minimum Gasteiger partial charge on any atom is -0.481 e. The number of methoxy groups -OCH3 is 1. The Balaban J connectivity index is 0.969. The number of nitrogens with one attached hydrogen (secondary N) is 3. The number of carbonyl (C=O) groups excluding carboxylic acids is 2. The van der Waals surface area contributed by atoms with Gasteiger partial charge >= 0.3 is 0 Å². The zero-order chi connectivity index (χ0) is 29.0. The number of H-pyrrole nitrogens is 1. The second-order valence-corrected chi connectivity index (χ2v) is 12.1. The molecule has 3 N–H and O–H groups in total. The molecule has 1 saturated carbocycles. The highest BCUT2D eigenvalue weighted by molar-refractivity contribution is 6.31. The number of fused-ring (bicyclic) bond motifs is 2. The maximum absolute atomic E-state index is 14.4. The Labute approximate surface area is 247 Å². The summed E-state index contributed by atoms with van der Waals surface area (Å²) in [6.07, 6.45) is 6.86. The van der Waals surface area contributed by atoms with Crippen molar-refractivity contribution >= 4 is 29.1 Å². The second kappa shape index (κ2) is 10.5. The number of aromatic nitrogens is 4. The van der Waals surface area contributed by atoms with E-state index in [0.29, 0.717) is 47.9 Å². The number of ether oxygens (including phenoxy) is 1. The van der Waals surface area contributed by atoms with Crippen LogP contribution in [0.15, 0.2) is 30.6 Å². The lowest BCUT2D eigenvalue weighted by atomic mass is 9.88. The molecule has 2 amide bonds. The monoisotopic (exact) mass is 594 g/mol. The van der Waals surface area contributed by atoms with Crippen molar-refractivity contribution in [2.45, 2.75) is 56.3 Å². The topological polar surface area (TPSA) is 128 Å². The molecule has 6 heterocycles. The van der Waals surface area contributed by atoms with Crippen molar-refractivity contribution in [1.29, 1.82) is 0 Å². The summed E-state index contributed by atoms with van der Waals surface area (Å²) in [6, 6.07) is 5.94. The molecule has 4 fully saturated rings. The van der Waals surface area contributed by atoms with Crippen LogP contribution in [-0.2, 0) is 11.3 Å². The van der Waals surface area contributed by atoms with Crippen LogP contribution in [0.3, 0.4) is 0 Å². The van der Waals surface area contributed by atoms with Crippen molar-refractivity contribution in [2.75, 3.05) is 31.6 Å². The summed E-state index contributed by atoms with van der Waals surface area (Å²) in [5.74, 6) is -0.775. The van der Waals surface area contributed by atoms with E-state index in [-0.39, 0.29) is 47.0 Å². The van der Waals surface area contributed by atoms with Gasteiger partial charge in [-0.1, -0.05) is 11.6 Å². The van der Waals surface area contributed by atoms with E-state index in [1.54, 1.807) is 6.07 Å². The van der Waals surface area contributed by atoms with Gasteiger partial charge in [-0.05, 0) is 44.2 Å². The van der Waals surface area contributed by atoms with Crippen LogP contribution >= 0.6 is 11.6 Å². The Morgan fingerprint density at radius 3 is 2.81 bits per heavy atom. The first kappa shape index (κ1) is 27.1. The SMILES string of the molecule is COc1cc(-c2cc(C(=O)N3CCC(C(=O)NCc4ncc(N5C[C@H]6C[C@@H]5CN6)cc4Cl)CC34CC4)[nH]n2)c(F)cn1. The molecule has 2 bridgehead atoms. The molecule has 3 aromatic heterocycles. The average molecular weight is 595 g/mol. The number of hydrogen-bond donors (Lipinski definition) is 3. The number of pyridine rings is 2. The molecule has 1 aliphatic carbocycles. The number of nitrogens with zero attached hydrogens (tertiary/aromatic N) is 5. The zero-order valence-electron chi connectivity index (χ0n) is 23.2. The highest BCUT2D eigenvalue weighted by Crippen LogP contribution is 2.50. The van der Waals surface area contributed by atoms with Crippen LogP contribution in [0.25, 0.3) is 11.3 Å². The minimum atomic E-state index is -0.560. The largest absolute Gasteiger partial charge is 0.481 e. The number of aromatic amines is 1. The van der Waals surface area contributed by atoms with Gasteiger partial charge in [0.25, 0.3) is 5.91 Å². The number of piperazine rings is 1. The Hall–Kier alpha value is -3.77. The van der Waals surface area contributed by atoms with Crippen LogP contribution < -0.4 is 20.3 Å². The van der Waals surface area contributed by atoms with Gasteiger partial charge in [-0.3, -0.25) is 19.7 Å². The molecule has 3 saturated heterocycles. The van der Waals surface area contributed by atoms with E-state index in [1.807, 2.05) is 17.2 Å². The number of likely N-dealkylation sites (tertiary alicyclic amines) is 1. The average Bonchev–Trinajstić information content (AvgIpc) is 3.37. The minimum absolute atomic E-state index is 0.0517. The van der Waals surface area contributed by atoms with Crippen LogP contribution in [0.1, 0.15) is 48.3 Å². The summed E-state index contributed by atoms with van der Waals surface area (Å²) in [6.45, 7) is 2.65. The molecule has 4 aliphatic rings. The van der Waals surface area contributed by atoms with Crippen LogP contribution in [0.4, 0.5) is 10.1 Å². The molecule has 1 spiro atoms. The van der Waals surface area contributed by atoms with Crippen LogP contribution in [-0.4, -0.2) is 81.2 Å². The number of piperidine rings is 1. The van der Waals surface area contributed by atoms with Gasteiger partial charge in [-0.2, -0.15) is 5.10 Å². The van der Waals surface area contributed by atoms with Crippen molar-refractivity contribution < 1.29 is 18.7 Å². The fraction of sp³-hybridized carbons (Fsp3) is 0.483.